The Bertz CT molecular complexity index is 767. The molecule has 1 atom stereocenters. The number of aliphatic hydroxyl groups excluding tert-OH is 1. The van der Waals surface area contributed by atoms with Gasteiger partial charge in [-0.25, -0.2) is 9.97 Å². The quantitative estimate of drug-likeness (QED) is 0.763. The first kappa shape index (κ1) is 14.0. The number of hydrogen-bond donors (Lipinski definition) is 2. The summed E-state index contributed by atoms with van der Waals surface area (Å²) in [5.41, 5.74) is 1.79. The lowest BCUT2D eigenvalue weighted by atomic mass is 10.1. The number of rotatable bonds is 4. The second kappa shape index (κ2) is 5.79. The first-order chi connectivity index (χ1) is 10.2. The molecule has 0 radical (unpaired) electrons. The number of nitrogens with zero attached hydrogens (tertiary/aromatic N) is 2. The number of benzene rings is 1. The van der Waals surface area contributed by atoms with Gasteiger partial charge in [0.05, 0.1) is 11.5 Å². The number of thiophene rings is 1. The van der Waals surface area contributed by atoms with Gasteiger partial charge < -0.3 is 10.4 Å². The molecule has 2 aromatic heterocycles. The highest BCUT2D eigenvalue weighted by molar-refractivity contribution is 7.18. The highest BCUT2D eigenvalue weighted by Crippen LogP contribution is 2.30. The molecule has 0 aliphatic rings. The predicted octanol–water partition coefficient (Wildman–Crippen LogP) is 4.05. The Hall–Kier alpha value is -1.98. The second-order valence-corrected chi connectivity index (χ2v) is 6.05. The summed E-state index contributed by atoms with van der Waals surface area (Å²) in [5, 5.41) is 14.0. The summed E-state index contributed by atoms with van der Waals surface area (Å²) in [6.45, 7) is 3.89. The highest BCUT2D eigenvalue weighted by Gasteiger charge is 2.09. The predicted molar refractivity (Wildman–Crippen MR) is 87.2 cm³/mol. The van der Waals surface area contributed by atoms with E-state index in [9.17, 15) is 5.11 Å². The Labute approximate surface area is 127 Å². The van der Waals surface area contributed by atoms with Crippen molar-refractivity contribution in [2.45, 2.75) is 26.4 Å². The minimum atomic E-state index is -0.481. The lowest BCUT2D eigenvalue weighted by molar-refractivity contribution is 0.199. The average molecular weight is 299 g/mol. The van der Waals surface area contributed by atoms with Crippen molar-refractivity contribution in [2.24, 2.45) is 0 Å². The van der Waals surface area contributed by atoms with Gasteiger partial charge in [-0.2, -0.15) is 0 Å². The average Bonchev–Trinajstić information content (AvgIpc) is 2.92. The van der Waals surface area contributed by atoms with E-state index >= 15 is 0 Å². The van der Waals surface area contributed by atoms with E-state index in [1.54, 1.807) is 24.6 Å². The normalized spacial score (nSPS) is 12.5. The van der Waals surface area contributed by atoms with Crippen LogP contribution < -0.4 is 5.32 Å². The summed E-state index contributed by atoms with van der Waals surface area (Å²) in [7, 11) is 0. The summed E-state index contributed by atoms with van der Waals surface area (Å²) in [6.07, 6.45) is 2.10. The van der Waals surface area contributed by atoms with Crippen LogP contribution in [0.3, 0.4) is 0 Å². The lowest BCUT2D eigenvalue weighted by Gasteiger charge is -2.09. The van der Waals surface area contributed by atoms with Crippen molar-refractivity contribution in [3.63, 3.8) is 0 Å². The molecule has 108 valence electrons. The molecule has 5 heteroatoms. The molecule has 3 aromatic rings. The molecule has 0 unspecified atom stereocenters. The molecule has 0 aliphatic carbocycles. The summed E-state index contributed by atoms with van der Waals surface area (Å²) < 4.78 is 0. The molecule has 0 bridgehead atoms. The van der Waals surface area contributed by atoms with Crippen LogP contribution in [-0.2, 0) is 6.42 Å². The van der Waals surface area contributed by atoms with Gasteiger partial charge in [-0.15, -0.1) is 11.3 Å². The monoisotopic (exact) mass is 299 g/mol. The van der Waals surface area contributed by atoms with Crippen LogP contribution in [0.25, 0.3) is 10.2 Å². The Morgan fingerprint density at radius 3 is 2.90 bits per heavy atom. The van der Waals surface area contributed by atoms with E-state index in [0.717, 1.165) is 33.7 Å². The fourth-order valence-electron chi connectivity index (χ4n) is 2.19. The number of aryl methyl sites for hydroxylation is 1. The van der Waals surface area contributed by atoms with Gasteiger partial charge in [-0.3, -0.25) is 0 Å². The topological polar surface area (TPSA) is 58.0 Å². The van der Waals surface area contributed by atoms with Crippen LogP contribution in [0.1, 0.15) is 30.4 Å². The number of nitrogens with one attached hydrogen (secondary N) is 1. The minimum Gasteiger partial charge on any atom is -0.389 e. The molecular formula is C16H17N3OS. The number of anilines is 2. The Balaban J connectivity index is 1.98. The SMILES string of the molecule is CCc1cc2c(Nc3cccc([C@H](C)O)c3)ncnc2s1. The molecule has 0 saturated heterocycles. The maximum atomic E-state index is 9.67. The van der Waals surface area contributed by atoms with Crippen molar-refractivity contribution in [1.82, 2.24) is 9.97 Å². The third kappa shape index (κ3) is 2.89. The van der Waals surface area contributed by atoms with Gasteiger partial charge in [0.2, 0.25) is 0 Å². The third-order valence-electron chi connectivity index (χ3n) is 3.36. The zero-order valence-electron chi connectivity index (χ0n) is 12.0. The Kier molecular flexibility index (Phi) is 3.86. The largest absolute Gasteiger partial charge is 0.389 e. The van der Waals surface area contributed by atoms with Gasteiger partial charge in [0, 0.05) is 10.6 Å². The first-order valence-electron chi connectivity index (χ1n) is 6.96. The number of aromatic nitrogens is 2. The van der Waals surface area contributed by atoms with Crippen LogP contribution in [0, 0.1) is 0 Å². The van der Waals surface area contributed by atoms with Gasteiger partial charge >= 0.3 is 0 Å². The summed E-state index contributed by atoms with van der Waals surface area (Å²) in [4.78, 5) is 11.0. The fourth-order valence-corrected chi connectivity index (χ4v) is 3.13. The number of hydrogen-bond acceptors (Lipinski definition) is 5. The fraction of sp³-hybridized carbons (Fsp3) is 0.250. The van der Waals surface area contributed by atoms with E-state index in [-0.39, 0.29) is 0 Å². The molecule has 0 amide bonds. The maximum absolute atomic E-state index is 9.67. The molecule has 0 saturated carbocycles. The van der Waals surface area contributed by atoms with Gasteiger partial charge in [-0.1, -0.05) is 19.1 Å². The van der Waals surface area contributed by atoms with Crippen LogP contribution in [-0.4, -0.2) is 15.1 Å². The van der Waals surface area contributed by atoms with E-state index in [0.29, 0.717) is 0 Å². The molecule has 21 heavy (non-hydrogen) atoms. The molecule has 4 nitrogen and oxygen atoms in total. The summed E-state index contributed by atoms with van der Waals surface area (Å²) in [5.74, 6) is 0.804. The van der Waals surface area contributed by atoms with Gasteiger partial charge in [0.1, 0.15) is 17.0 Å². The number of aliphatic hydroxyl groups is 1. The van der Waals surface area contributed by atoms with Gasteiger partial charge in [0.15, 0.2) is 0 Å². The lowest BCUT2D eigenvalue weighted by Crippen LogP contribution is -1.97. The molecule has 0 spiro atoms. The van der Waals surface area contributed by atoms with Gasteiger partial charge in [-0.05, 0) is 37.1 Å². The summed E-state index contributed by atoms with van der Waals surface area (Å²) >= 11 is 1.70. The van der Waals surface area contributed by atoms with E-state index in [1.165, 1.54) is 4.88 Å². The molecule has 2 N–H and O–H groups in total. The smallest absolute Gasteiger partial charge is 0.142 e. The zero-order chi connectivity index (χ0) is 14.8. The first-order valence-corrected chi connectivity index (χ1v) is 7.77. The maximum Gasteiger partial charge on any atom is 0.142 e. The van der Waals surface area contributed by atoms with Gasteiger partial charge in [0.25, 0.3) is 0 Å². The number of fused-ring (bicyclic) bond motifs is 1. The van der Waals surface area contributed by atoms with Crippen molar-refractivity contribution in [3.05, 3.63) is 47.1 Å². The van der Waals surface area contributed by atoms with E-state index in [4.69, 9.17) is 0 Å². The molecule has 0 fully saturated rings. The van der Waals surface area contributed by atoms with E-state index in [1.807, 2.05) is 24.3 Å². The van der Waals surface area contributed by atoms with Crippen LogP contribution in [0.2, 0.25) is 0 Å². The molecular weight excluding hydrogens is 282 g/mol. The molecule has 1 aromatic carbocycles. The van der Waals surface area contributed by atoms with Crippen LogP contribution in [0.4, 0.5) is 11.5 Å². The summed E-state index contributed by atoms with van der Waals surface area (Å²) in [6, 6.07) is 9.87. The standard InChI is InChI=1S/C16H17N3OS/c1-3-13-8-14-15(17-9-18-16(14)21-13)19-12-6-4-5-11(7-12)10(2)20/h4-10,20H,3H2,1-2H3,(H,17,18,19)/t10-/m0/s1. The molecule has 3 rings (SSSR count). The van der Waals surface area contributed by atoms with Crippen LogP contribution >= 0.6 is 11.3 Å². The Morgan fingerprint density at radius 1 is 1.29 bits per heavy atom. The highest BCUT2D eigenvalue weighted by atomic mass is 32.1. The van der Waals surface area contributed by atoms with E-state index in [2.05, 4.69) is 28.3 Å². The van der Waals surface area contributed by atoms with Crippen molar-refractivity contribution < 1.29 is 5.11 Å². The van der Waals surface area contributed by atoms with E-state index < -0.39 is 6.10 Å². The third-order valence-corrected chi connectivity index (χ3v) is 4.55. The minimum absolute atomic E-state index is 0.481. The van der Waals surface area contributed by atoms with Crippen molar-refractivity contribution >= 4 is 33.1 Å². The Morgan fingerprint density at radius 2 is 2.14 bits per heavy atom. The molecule has 2 heterocycles. The second-order valence-electron chi connectivity index (χ2n) is 4.93. The molecule has 0 aliphatic heterocycles. The van der Waals surface area contributed by atoms with Crippen molar-refractivity contribution in [3.8, 4) is 0 Å². The zero-order valence-corrected chi connectivity index (χ0v) is 12.8. The van der Waals surface area contributed by atoms with Crippen molar-refractivity contribution in [2.75, 3.05) is 5.32 Å². The van der Waals surface area contributed by atoms with Crippen LogP contribution in [0.5, 0.6) is 0 Å². The van der Waals surface area contributed by atoms with Crippen molar-refractivity contribution in [1.29, 1.82) is 0 Å². The van der Waals surface area contributed by atoms with Crippen LogP contribution in [0.15, 0.2) is 36.7 Å².